The van der Waals surface area contributed by atoms with Gasteiger partial charge in [-0.25, -0.2) is 0 Å². The topological polar surface area (TPSA) is 75.6 Å². The Morgan fingerprint density at radius 1 is 1.23 bits per heavy atom. The van der Waals surface area contributed by atoms with Gasteiger partial charge < -0.3 is 14.5 Å². The summed E-state index contributed by atoms with van der Waals surface area (Å²) in [5, 5.41) is 0. The Labute approximate surface area is 180 Å². The smallest absolute Gasteiger partial charge is 0.230 e. The fourth-order valence-electron chi connectivity index (χ4n) is 5.63. The summed E-state index contributed by atoms with van der Waals surface area (Å²) in [7, 11) is 0. The number of nitrogens with zero attached hydrogens (tertiary/aromatic N) is 4. The highest BCUT2D eigenvalue weighted by molar-refractivity contribution is 5.93. The van der Waals surface area contributed by atoms with Gasteiger partial charge in [-0.05, 0) is 35.7 Å². The monoisotopic (exact) mass is 416 g/mol. The van der Waals surface area contributed by atoms with Gasteiger partial charge in [0, 0.05) is 50.3 Å². The van der Waals surface area contributed by atoms with Crippen LogP contribution in [0, 0.1) is 11.8 Å². The lowest BCUT2D eigenvalue weighted by Crippen LogP contribution is -2.47. The van der Waals surface area contributed by atoms with E-state index in [-0.39, 0.29) is 17.9 Å². The maximum absolute atomic E-state index is 13.6. The average Bonchev–Trinajstić information content (AvgIpc) is 3.45. The number of hydrogen-bond acceptors (Lipinski definition) is 5. The lowest BCUT2D eigenvalue weighted by Gasteiger charge is -2.33. The van der Waals surface area contributed by atoms with Crippen molar-refractivity contribution in [3.05, 3.63) is 71.8 Å². The van der Waals surface area contributed by atoms with Crippen molar-refractivity contribution in [2.45, 2.75) is 31.1 Å². The second-order valence-corrected chi connectivity index (χ2v) is 8.88. The molecule has 2 amide bonds. The van der Waals surface area contributed by atoms with Crippen LogP contribution in [0.2, 0.25) is 0 Å². The molecule has 0 N–H and O–H groups in total. The molecule has 1 spiro atoms. The number of carbonyl (C=O) groups is 2. The van der Waals surface area contributed by atoms with E-state index in [9.17, 15) is 9.59 Å². The molecule has 2 fully saturated rings. The molecule has 0 aliphatic carbocycles. The van der Waals surface area contributed by atoms with Crippen LogP contribution in [0.3, 0.4) is 0 Å². The molecule has 2 aromatic heterocycles. The number of hydrogen-bond donors (Lipinski definition) is 0. The number of likely N-dealkylation sites (tertiary alicyclic amines) is 1. The average molecular weight is 416 g/mol. The van der Waals surface area contributed by atoms with Crippen molar-refractivity contribution in [2.75, 3.05) is 19.6 Å². The Morgan fingerprint density at radius 2 is 2.10 bits per heavy atom. The summed E-state index contributed by atoms with van der Waals surface area (Å²) in [6.45, 7) is 2.32. The predicted molar refractivity (Wildman–Crippen MR) is 112 cm³/mol. The molecule has 2 unspecified atom stereocenters. The molecule has 7 nitrogen and oxygen atoms in total. The third kappa shape index (κ3) is 2.91. The lowest BCUT2D eigenvalue weighted by atomic mass is 9.76. The summed E-state index contributed by atoms with van der Waals surface area (Å²) < 4.78 is 6.29. The lowest BCUT2D eigenvalue weighted by molar-refractivity contribution is -0.143. The fraction of sp³-hybridized carbons (Fsp3) is 0.417. The maximum Gasteiger partial charge on any atom is 0.230 e. The zero-order valence-electron chi connectivity index (χ0n) is 17.2. The highest BCUT2D eigenvalue weighted by atomic mass is 16.5. The molecule has 4 aliphatic rings. The summed E-state index contributed by atoms with van der Waals surface area (Å²) in [4.78, 5) is 39.2. The molecule has 4 atom stereocenters. The fourth-order valence-corrected chi connectivity index (χ4v) is 5.63. The third-order valence-electron chi connectivity index (χ3n) is 7.16. The summed E-state index contributed by atoms with van der Waals surface area (Å²) in [6.07, 6.45) is 10.5. The van der Waals surface area contributed by atoms with Crippen molar-refractivity contribution in [3.8, 4) is 0 Å². The molecule has 2 saturated heterocycles. The van der Waals surface area contributed by atoms with Crippen LogP contribution in [0.25, 0.3) is 0 Å². The van der Waals surface area contributed by atoms with Gasteiger partial charge in [0.25, 0.3) is 0 Å². The van der Waals surface area contributed by atoms with Gasteiger partial charge in [0.1, 0.15) is 5.60 Å². The quantitative estimate of drug-likeness (QED) is 0.704. The van der Waals surface area contributed by atoms with Gasteiger partial charge in [-0.2, -0.15) is 0 Å². The van der Waals surface area contributed by atoms with Crippen molar-refractivity contribution in [3.63, 3.8) is 0 Å². The maximum atomic E-state index is 13.6. The minimum Gasteiger partial charge on any atom is -0.360 e. The van der Waals surface area contributed by atoms with Crippen molar-refractivity contribution < 1.29 is 14.3 Å². The van der Waals surface area contributed by atoms with Crippen LogP contribution in [-0.4, -0.2) is 62.9 Å². The van der Waals surface area contributed by atoms with Gasteiger partial charge >= 0.3 is 0 Å². The summed E-state index contributed by atoms with van der Waals surface area (Å²) in [5.41, 5.74) is 2.64. The van der Waals surface area contributed by atoms with Crippen LogP contribution in [0.15, 0.2) is 55.0 Å². The summed E-state index contributed by atoms with van der Waals surface area (Å²) in [6, 6.07) is 7.88. The predicted octanol–water partition coefficient (Wildman–Crippen LogP) is 1.39. The third-order valence-corrected chi connectivity index (χ3v) is 7.16. The van der Waals surface area contributed by atoms with E-state index in [0.717, 1.165) is 29.7 Å². The molecular formula is C24H24N4O3. The molecule has 31 heavy (non-hydrogen) atoms. The largest absolute Gasteiger partial charge is 0.360 e. The van der Waals surface area contributed by atoms with Gasteiger partial charge in [0.2, 0.25) is 11.8 Å². The first kappa shape index (κ1) is 18.7. The number of amides is 2. The van der Waals surface area contributed by atoms with Gasteiger partial charge in [-0.3, -0.25) is 19.6 Å². The Morgan fingerprint density at radius 3 is 2.97 bits per heavy atom. The van der Waals surface area contributed by atoms with Crippen molar-refractivity contribution >= 4 is 11.8 Å². The Balaban J connectivity index is 1.21. The van der Waals surface area contributed by atoms with E-state index < -0.39 is 17.4 Å². The molecule has 6 rings (SSSR count). The van der Waals surface area contributed by atoms with Gasteiger partial charge in [0.05, 0.1) is 24.5 Å². The zero-order chi connectivity index (χ0) is 21.0. The number of rotatable bonds is 4. The molecule has 4 aliphatic heterocycles. The van der Waals surface area contributed by atoms with Crippen LogP contribution >= 0.6 is 0 Å². The zero-order valence-corrected chi connectivity index (χ0v) is 17.2. The Bertz CT molecular complexity index is 1070. The van der Waals surface area contributed by atoms with E-state index in [2.05, 4.69) is 9.97 Å². The van der Waals surface area contributed by atoms with Gasteiger partial charge in [0.15, 0.2) is 0 Å². The highest BCUT2D eigenvalue weighted by Crippen LogP contribution is 2.52. The normalized spacial score (nSPS) is 30.6. The molecule has 0 aromatic carbocycles. The van der Waals surface area contributed by atoms with E-state index in [1.807, 2.05) is 46.2 Å². The number of fused-ring (bicyclic) bond motifs is 2. The van der Waals surface area contributed by atoms with Crippen LogP contribution in [0.4, 0.5) is 0 Å². The molecule has 0 saturated carbocycles. The number of aromatic nitrogens is 2. The molecular weight excluding hydrogens is 392 g/mol. The molecule has 2 bridgehead atoms. The molecule has 158 valence electrons. The van der Waals surface area contributed by atoms with E-state index in [1.165, 1.54) is 0 Å². The van der Waals surface area contributed by atoms with E-state index in [1.54, 1.807) is 18.6 Å². The van der Waals surface area contributed by atoms with Gasteiger partial charge in [-0.15, -0.1) is 0 Å². The first-order chi connectivity index (χ1) is 15.1. The highest BCUT2D eigenvalue weighted by Gasteiger charge is 2.67. The molecule has 0 radical (unpaired) electrons. The van der Waals surface area contributed by atoms with E-state index in [0.29, 0.717) is 26.2 Å². The standard InChI is InChI=1S/C24H24N4O3/c29-22(27-13-7-18-17(14-27)2-1-9-26-18)20-19-3-8-24(31-19)15-28(23(30)21(20)24)12-6-16-4-10-25-11-5-16/h1-5,8-11,19-21H,6-7,12-15H2/t19-,20?,21?,24-/m0/s1. The van der Waals surface area contributed by atoms with E-state index >= 15 is 0 Å². The van der Waals surface area contributed by atoms with Crippen LogP contribution in [0.1, 0.15) is 16.8 Å². The van der Waals surface area contributed by atoms with Gasteiger partial charge in [-0.1, -0.05) is 18.2 Å². The summed E-state index contributed by atoms with van der Waals surface area (Å²) >= 11 is 0. The van der Waals surface area contributed by atoms with Crippen LogP contribution in [-0.2, 0) is 33.7 Å². The second-order valence-electron chi connectivity index (χ2n) is 8.88. The van der Waals surface area contributed by atoms with Crippen molar-refractivity contribution in [1.82, 2.24) is 19.8 Å². The SMILES string of the molecule is O=C(C1C2C(=O)N(CCc3ccncc3)C[C@@]23C=C[C@@H]1O3)N1CCc2ncccc2C1. The molecule has 7 heteroatoms. The minimum absolute atomic E-state index is 0.0278. The first-order valence-electron chi connectivity index (χ1n) is 10.9. The molecule has 6 heterocycles. The number of ether oxygens (including phenoxy) is 1. The number of carbonyl (C=O) groups excluding carboxylic acids is 2. The van der Waals surface area contributed by atoms with Crippen molar-refractivity contribution in [1.29, 1.82) is 0 Å². The summed E-state index contributed by atoms with van der Waals surface area (Å²) in [5.74, 6) is -0.803. The van der Waals surface area contributed by atoms with Crippen LogP contribution < -0.4 is 0 Å². The number of pyridine rings is 2. The molecule has 2 aromatic rings. The Hall–Kier alpha value is -3.06. The minimum atomic E-state index is -0.657. The Kier molecular flexibility index (Phi) is 4.21. The van der Waals surface area contributed by atoms with Crippen LogP contribution in [0.5, 0.6) is 0 Å². The van der Waals surface area contributed by atoms with E-state index in [4.69, 9.17) is 4.74 Å². The first-order valence-corrected chi connectivity index (χ1v) is 10.9. The van der Waals surface area contributed by atoms with Crippen molar-refractivity contribution in [2.24, 2.45) is 11.8 Å². The second kappa shape index (κ2) is 6.99.